The molecule has 0 spiro atoms. The summed E-state index contributed by atoms with van der Waals surface area (Å²) in [7, 11) is 5.75. The molecule has 6 heteroatoms. The van der Waals surface area contributed by atoms with Crippen molar-refractivity contribution in [1.29, 1.82) is 0 Å². The summed E-state index contributed by atoms with van der Waals surface area (Å²) in [6, 6.07) is 8.31. The fourth-order valence-electron chi connectivity index (χ4n) is 4.67. The number of ether oxygens (including phenoxy) is 1. The summed E-state index contributed by atoms with van der Waals surface area (Å²) in [5.41, 5.74) is 2.00. The third kappa shape index (κ3) is 3.74. The third-order valence-electron chi connectivity index (χ3n) is 6.30. The van der Waals surface area contributed by atoms with Gasteiger partial charge in [-0.1, -0.05) is 12.1 Å². The molecule has 0 N–H and O–H groups in total. The van der Waals surface area contributed by atoms with E-state index in [1.165, 1.54) is 6.42 Å². The van der Waals surface area contributed by atoms with Crippen molar-refractivity contribution in [1.82, 2.24) is 19.8 Å². The van der Waals surface area contributed by atoms with E-state index in [1.807, 2.05) is 48.6 Å². The number of hydrogen-bond acceptors (Lipinski definition) is 5. The topological polar surface area (TPSA) is 58.6 Å². The Morgan fingerprint density at radius 3 is 2.64 bits per heavy atom. The van der Waals surface area contributed by atoms with Crippen LogP contribution in [0.5, 0.6) is 5.75 Å². The first kappa shape index (κ1) is 18.9. The molecule has 3 atom stereocenters. The van der Waals surface area contributed by atoms with Gasteiger partial charge in [0.15, 0.2) is 5.82 Å². The molecule has 2 fully saturated rings. The van der Waals surface area contributed by atoms with E-state index >= 15 is 0 Å². The van der Waals surface area contributed by atoms with Gasteiger partial charge in [0, 0.05) is 50.6 Å². The highest BCUT2D eigenvalue weighted by atomic mass is 16.5. The average molecular weight is 380 g/mol. The number of rotatable bonds is 5. The maximum atomic E-state index is 12.0. The number of aromatic nitrogens is 2. The van der Waals surface area contributed by atoms with Gasteiger partial charge in [-0.05, 0) is 43.9 Å². The van der Waals surface area contributed by atoms with Crippen LogP contribution in [-0.4, -0.2) is 59.5 Å². The zero-order valence-electron chi connectivity index (χ0n) is 16.8. The number of nitrogens with zero attached hydrogens (tertiary/aromatic N) is 4. The van der Waals surface area contributed by atoms with E-state index < -0.39 is 0 Å². The second kappa shape index (κ2) is 7.87. The molecule has 1 saturated carbocycles. The highest BCUT2D eigenvalue weighted by Crippen LogP contribution is 2.40. The molecule has 1 aromatic carbocycles. The molecule has 1 saturated heterocycles. The lowest BCUT2D eigenvalue weighted by Crippen LogP contribution is -2.39. The van der Waals surface area contributed by atoms with Crippen LogP contribution in [0, 0.1) is 11.8 Å². The summed E-state index contributed by atoms with van der Waals surface area (Å²) in [6.45, 7) is 1.73. The Morgan fingerprint density at radius 1 is 1.18 bits per heavy atom. The minimum Gasteiger partial charge on any atom is -0.496 e. The van der Waals surface area contributed by atoms with Crippen molar-refractivity contribution < 1.29 is 9.53 Å². The quantitative estimate of drug-likeness (QED) is 0.798. The van der Waals surface area contributed by atoms with Crippen LogP contribution >= 0.6 is 0 Å². The predicted molar refractivity (Wildman–Crippen MR) is 108 cm³/mol. The molecule has 2 aromatic rings. The van der Waals surface area contributed by atoms with Gasteiger partial charge in [0.2, 0.25) is 5.91 Å². The highest BCUT2D eigenvalue weighted by Gasteiger charge is 2.41. The molecule has 2 heterocycles. The molecule has 0 unspecified atom stereocenters. The van der Waals surface area contributed by atoms with Crippen molar-refractivity contribution in [2.24, 2.45) is 11.8 Å². The lowest BCUT2D eigenvalue weighted by molar-refractivity contribution is -0.134. The van der Waals surface area contributed by atoms with Crippen LogP contribution in [0.3, 0.4) is 0 Å². The molecule has 1 aliphatic heterocycles. The molecular formula is C22H28N4O2. The summed E-state index contributed by atoms with van der Waals surface area (Å²) >= 11 is 0. The summed E-state index contributed by atoms with van der Waals surface area (Å²) in [6.07, 6.45) is 6.80. The monoisotopic (exact) mass is 380 g/mol. The predicted octanol–water partition coefficient (Wildman–Crippen LogP) is 2.84. The average Bonchev–Trinajstić information content (AvgIpc) is 3.12. The van der Waals surface area contributed by atoms with Gasteiger partial charge in [-0.15, -0.1) is 0 Å². The lowest BCUT2D eigenvalue weighted by Gasteiger charge is -2.31. The van der Waals surface area contributed by atoms with Crippen molar-refractivity contribution in [2.75, 3.05) is 27.7 Å². The summed E-state index contributed by atoms with van der Waals surface area (Å²) in [5.74, 6) is 2.93. The van der Waals surface area contributed by atoms with E-state index in [0.717, 1.165) is 36.4 Å². The van der Waals surface area contributed by atoms with Crippen molar-refractivity contribution in [3.05, 3.63) is 42.2 Å². The fourth-order valence-corrected chi connectivity index (χ4v) is 4.67. The highest BCUT2D eigenvalue weighted by molar-refractivity contribution is 5.77. The Morgan fingerprint density at radius 2 is 1.89 bits per heavy atom. The van der Waals surface area contributed by atoms with E-state index in [9.17, 15) is 4.79 Å². The Balaban J connectivity index is 1.40. The standard InChI is InChI=1S/C22H28N4O2/c1-25(18-8-16-10-21(27)26(2)14-17(16)9-18)13-15-11-23-22(24-12-15)19-6-4-5-7-20(19)28-3/h4-7,11-12,16-18H,8-10,13-14H2,1-3H3/t16-,17+,18-/m1/s1. The van der Waals surface area contributed by atoms with Gasteiger partial charge in [0.1, 0.15) is 5.75 Å². The normalized spacial score (nSPS) is 24.5. The number of carbonyl (C=O) groups excluding carboxylic acids is 1. The van der Waals surface area contributed by atoms with E-state index in [2.05, 4.69) is 21.9 Å². The van der Waals surface area contributed by atoms with Crippen LogP contribution in [0.25, 0.3) is 11.4 Å². The second-order valence-corrected chi connectivity index (χ2v) is 8.15. The summed E-state index contributed by atoms with van der Waals surface area (Å²) in [4.78, 5) is 25.4. The van der Waals surface area contributed by atoms with E-state index in [0.29, 0.717) is 36.0 Å². The van der Waals surface area contributed by atoms with Crippen LogP contribution in [0.1, 0.15) is 24.8 Å². The minimum atomic E-state index is 0.296. The lowest BCUT2D eigenvalue weighted by atomic mass is 9.88. The van der Waals surface area contributed by atoms with Crippen LogP contribution in [-0.2, 0) is 11.3 Å². The maximum absolute atomic E-state index is 12.0. The van der Waals surface area contributed by atoms with Gasteiger partial charge < -0.3 is 9.64 Å². The molecule has 0 radical (unpaired) electrons. The van der Waals surface area contributed by atoms with Crippen molar-refractivity contribution >= 4 is 5.91 Å². The van der Waals surface area contributed by atoms with E-state index in [-0.39, 0.29) is 0 Å². The molecule has 1 aromatic heterocycles. The molecule has 1 amide bonds. The summed E-state index contributed by atoms with van der Waals surface area (Å²) < 4.78 is 5.41. The fraction of sp³-hybridized carbons (Fsp3) is 0.500. The third-order valence-corrected chi connectivity index (χ3v) is 6.30. The Bertz CT molecular complexity index is 839. The first-order chi connectivity index (χ1) is 13.5. The molecule has 6 nitrogen and oxygen atoms in total. The molecule has 4 rings (SSSR count). The van der Waals surface area contributed by atoms with Crippen molar-refractivity contribution in [3.63, 3.8) is 0 Å². The number of likely N-dealkylation sites (tertiary alicyclic amines) is 1. The van der Waals surface area contributed by atoms with Crippen LogP contribution < -0.4 is 4.74 Å². The largest absolute Gasteiger partial charge is 0.496 e. The van der Waals surface area contributed by atoms with Crippen LogP contribution in [0.4, 0.5) is 0 Å². The van der Waals surface area contributed by atoms with Crippen molar-refractivity contribution in [2.45, 2.75) is 31.8 Å². The maximum Gasteiger partial charge on any atom is 0.222 e. The molecule has 28 heavy (non-hydrogen) atoms. The first-order valence-electron chi connectivity index (χ1n) is 9.93. The molecule has 0 bridgehead atoms. The Hall–Kier alpha value is -2.47. The molecule has 148 valence electrons. The number of carbonyl (C=O) groups is 1. The van der Waals surface area contributed by atoms with Gasteiger partial charge in [0.25, 0.3) is 0 Å². The van der Waals surface area contributed by atoms with Crippen LogP contribution in [0.15, 0.2) is 36.7 Å². The smallest absolute Gasteiger partial charge is 0.222 e. The number of fused-ring (bicyclic) bond motifs is 1. The molecular weight excluding hydrogens is 352 g/mol. The number of hydrogen-bond donors (Lipinski definition) is 0. The SMILES string of the molecule is COc1ccccc1-c1ncc(CN(C)[C@@H]2C[C@@H]3CC(=O)N(C)C[C@@H]3C2)cn1. The van der Waals surface area contributed by atoms with Crippen molar-refractivity contribution in [3.8, 4) is 17.1 Å². The zero-order valence-corrected chi connectivity index (χ0v) is 16.8. The van der Waals surface area contributed by atoms with E-state index in [4.69, 9.17) is 4.74 Å². The second-order valence-electron chi connectivity index (χ2n) is 8.15. The van der Waals surface area contributed by atoms with Crippen LogP contribution in [0.2, 0.25) is 0 Å². The number of amides is 1. The minimum absolute atomic E-state index is 0.296. The van der Waals surface area contributed by atoms with Gasteiger partial charge in [-0.2, -0.15) is 0 Å². The van der Waals surface area contributed by atoms with Gasteiger partial charge in [-0.25, -0.2) is 9.97 Å². The Labute approximate surface area is 166 Å². The molecule has 2 aliphatic rings. The molecule has 1 aliphatic carbocycles. The number of piperidine rings is 1. The summed E-state index contributed by atoms with van der Waals surface area (Å²) in [5, 5.41) is 0. The van der Waals surface area contributed by atoms with Gasteiger partial charge in [0.05, 0.1) is 12.7 Å². The van der Waals surface area contributed by atoms with E-state index in [1.54, 1.807) is 7.11 Å². The number of benzene rings is 1. The van der Waals surface area contributed by atoms with Gasteiger partial charge >= 0.3 is 0 Å². The number of methoxy groups -OCH3 is 1. The Kier molecular flexibility index (Phi) is 5.31. The zero-order chi connectivity index (χ0) is 19.7. The first-order valence-corrected chi connectivity index (χ1v) is 9.93. The number of para-hydroxylation sites is 1. The van der Waals surface area contributed by atoms with Gasteiger partial charge in [-0.3, -0.25) is 9.69 Å².